The van der Waals surface area contributed by atoms with Crippen molar-refractivity contribution in [3.8, 4) is 5.75 Å². The molecule has 21 heavy (non-hydrogen) atoms. The van der Waals surface area contributed by atoms with E-state index in [2.05, 4.69) is 0 Å². The second kappa shape index (κ2) is 6.90. The largest absolute Gasteiger partial charge is 0.490 e. The molecule has 2 rings (SSSR count). The smallest absolute Gasteiger partial charge is 0.341 e. The number of hydrogen-bond acceptors (Lipinski definition) is 4. The molecule has 0 aromatic heterocycles. The second-order valence-corrected chi connectivity index (χ2v) is 4.73. The van der Waals surface area contributed by atoms with Crippen molar-refractivity contribution in [1.29, 1.82) is 0 Å². The van der Waals surface area contributed by atoms with E-state index in [1.54, 1.807) is 12.1 Å². The number of aryl methyl sites for hydroxylation is 1. The quantitative estimate of drug-likeness (QED) is 0.859. The highest BCUT2D eigenvalue weighted by atomic mass is 16.5. The van der Waals surface area contributed by atoms with E-state index in [1.165, 1.54) is 7.11 Å². The Morgan fingerprint density at radius 2 is 1.90 bits per heavy atom. The molecule has 1 N–H and O–H groups in total. The van der Waals surface area contributed by atoms with Crippen LogP contribution in [-0.4, -0.2) is 24.8 Å². The van der Waals surface area contributed by atoms with Crippen molar-refractivity contribution in [2.24, 2.45) is 0 Å². The van der Waals surface area contributed by atoms with Gasteiger partial charge in [-0.1, -0.05) is 42.0 Å². The van der Waals surface area contributed by atoms with Crippen molar-refractivity contribution in [1.82, 2.24) is 0 Å². The van der Waals surface area contributed by atoms with Crippen LogP contribution in [0, 0.1) is 6.92 Å². The molecule has 0 saturated carbocycles. The van der Waals surface area contributed by atoms with E-state index < -0.39 is 12.1 Å². The summed E-state index contributed by atoms with van der Waals surface area (Å²) in [7, 11) is 1.33. The first-order chi connectivity index (χ1) is 10.1. The van der Waals surface area contributed by atoms with Crippen LogP contribution >= 0.6 is 0 Å². The maximum absolute atomic E-state index is 11.7. The number of aliphatic hydroxyl groups is 1. The lowest BCUT2D eigenvalue weighted by atomic mass is 10.1. The molecule has 0 radical (unpaired) electrons. The fourth-order valence-corrected chi connectivity index (χ4v) is 1.98. The molecule has 0 amide bonds. The lowest BCUT2D eigenvalue weighted by Gasteiger charge is -2.15. The second-order valence-electron chi connectivity index (χ2n) is 4.73. The van der Waals surface area contributed by atoms with E-state index in [9.17, 15) is 9.90 Å². The van der Waals surface area contributed by atoms with Gasteiger partial charge >= 0.3 is 5.97 Å². The summed E-state index contributed by atoms with van der Waals surface area (Å²) in [5.41, 5.74) is 2.06. The number of carbonyl (C=O) groups is 1. The molecule has 1 atom stereocenters. The van der Waals surface area contributed by atoms with Gasteiger partial charge in [-0.3, -0.25) is 0 Å². The molecule has 1 unspecified atom stereocenters. The van der Waals surface area contributed by atoms with Crippen molar-refractivity contribution < 1.29 is 19.4 Å². The van der Waals surface area contributed by atoms with Gasteiger partial charge in [0.05, 0.1) is 7.11 Å². The zero-order valence-electron chi connectivity index (χ0n) is 12.1. The molecule has 0 fully saturated rings. The molecule has 0 heterocycles. The molecule has 0 aliphatic heterocycles. The van der Waals surface area contributed by atoms with Crippen LogP contribution in [0.4, 0.5) is 0 Å². The Balaban J connectivity index is 2.11. The lowest BCUT2D eigenvalue weighted by Crippen LogP contribution is -2.12. The van der Waals surface area contributed by atoms with Gasteiger partial charge in [-0.05, 0) is 24.6 Å². The van der Waals surface area contributed by atoms with Crippen LogP contribution in [-0.2, 0) is 4.74 Å². The minimum absolute atomic E-state index is 0.0665. The minimum atomic E-state index is -0.752. The monoisotopic (exact) mass is 286 g/mol. The van der Waals surface area contributed by atoms with Crippen LogP contribution in [0.15, 0.2) is 48.5 Å². The predicted octanol–water partition coefficient (Wildman–Crippen LogP) is 2.89. The topological polar surface area (TPSA) is 55.8 Å². The summed E-state index contributed by atoms with van der Waals surface area (Å²) < 4.78 is 10.3. The number of rotatable bonds is 5. The van der Waals surface area contributed by atoms with Crippen molar-refractivity contribution in [3.63, 3.8) is 0 Å². The van der Waals surface area contributed by atoms with E-state index in [-0.39, 0.29) is 6.61 Å². The summed E-state index contributed by atoms with van der Waals surface area (Å²) >= 11 is 0. The number of methoxy groups -OCH3 is 1. The molecule has 0 saturated heterocycles. The zero-order valence-corrected chi connectivity index (χ0v) is 12.1. The van der Waals surface area contributed by atoms with Crippen LogP contribution in [0.2, 0.25) is 0 Å². The number of ether oxygens (including phenoxy) is 2. The lowest BCUT2D eigenvalue weighted by molar-refractivity contribution is 0.0588. The van der Waals surface area contributed by atoms with Crippen molar-refractivity contribution in [2.45, 2.75) is 13.0 Å². The number of esters is 1. The first kappa shape index (κ1) is 15.1. The third-order valence-corrected chi connectivity index (χ3v) is 3.12. The predicted molar refractivity (Wildman–Crippen MR) is 79.4 cm³/mol. The molecule has 2 aromatic carbocycles. The molecular formula is C17H18O4. The normalized spacial score (nSPS) is 11.8. The first-order valence-corrected chi connectivity index (χ1v) is 6.66. The summed E-state index contributed by atoms with van der Waals surface area (Å²) in [5.74, 6) is -0.0506. The van der Waals surface area contributed by atoms with E-state index in [4.69, 9.17) is 9.47 Å². The standard InChI is InChI=1S/C17H18O4/c1-12-8-9-16(14(10-12)17(19)20-2)21-11-15(18)13-6-4-3-5-7-13/h3-10,15,18H,11H2,1-2H3. The molecule has 0 bridgehead atoms. The highest BCUT2D eigenvalue weighted by Crippen LogP contribution is 2.23. The van der Waals surface area contributed by atoms with Crippen LogP contribution in [0.5, 0.6) is 5.75 Å². The third-order valence-electron chi connectivity index (χ3n) is 3.12. The van der Waals surface area contributed by atoms with Crippen molar-refractivity contribution in [3.05, 3.63) is 65.2 Å². The van der Waals surface area contributed by atoms with Crippen molar-refractivity contribution >= 4 is 5.97 Å². The van der Waals surface area contributed by atoms with E-state index in [0.717, 1.165) is 11.1 Å². The Kier molecular flexibility index (Phi) is 4.95. The molecular weight excluding hydrogens is 268 g/mol. The number of hydrogen-bond donors (Lipinski definition) is 1. The van der Waals surface area contributed by atoms with E-state index in [1.807, 2.05) is 43.3 Å². The summed E-state index contributed by atoms with van der Waals surface area (Å²) in [6.45, 7) is 1.95. The summed E-state index contributed by atoms with van der Waals surface area (Å²) in [6.07, 6.45) is -0.752. The summed E-state index contributed by atoms with van der Waals surface area (Å²) in [4.78, 5) is 11.7. The van der Waals surface area contributed by atoms with Gasteiger partial charge in [0.25, 0.3) is 0 Å². The van der Waals surface area contributed by atoms with E-state index >= 15 is 0 Å². The van der Waals surface area contributed by atoms with Gasteiger partial charge < -0.3 is 14.6 Å². The Morgan fingerprint density at radius 1 is 1.19 bits per heavy atom. The van der Waals surface area contributed by atoms with E-state index in [0.29, 0.717) is 11.3 Å². The molecule has 4 nitrogen and oxygen atoms in total. The van der Waals surface area contributed by atoms with Crippen molar-refractivity contribution in [2.75, 3.05) is 13.7 Å². The Bertz CT molecular complexity index is 607. The fourth-order valence-electron chi connectivity index (χ4n) is 1.98. The van der Waals surface area contributed by atoms with Crippen LogP contribution in [0.25, 0.3) is 0 Å². The average molecular weight is 286 g/mol. The number of aliphatic hydroxyl groups excluding tert-OH is 1. The summed E-state index contributed by atoms with van der Waals surface area (Å²) in [5, 5.41) is 10.1. The number of benzene rings is 2. The molecule has 0 aliphatic carbocycles. The highest BCUT2D eigenvalue weighted by molar-refractivity contribution is 5.92. The van der Waals surface area contributed by atoms with Gasteiger partial charge in [0.2, 0.25) is 0 Å². The highest BCUT2D eigenvalue weighted by Gasteiger charge is 2.15. The molecule has 0 aliphatic rings. The van der Waals surface area contributed by atoms with Gasteiger partial charge in [0.15, 0.2) is 0 Å². The zero-order chi connectivity index (χ0) is 15.2. The molecule has 0 spiro atoms. The molecule has 2 aromatic rings. The maximum atomic E-state index is 11.7. The van der Waals surface area contributed by atoms with Crippen LogP contribution in [0.1, 0.15) is 27.6 Å². The van der Waals surface area contributed by atoms with Gasteiger partial charge in [-0.15, -0.1) is 0 Å². The van der Waals surface area contributed by atoms with Crippen LogP contribution < -0.4 is 4.74 Å². The Labute approximate surface area is 123 Å². The SMILES string of the molecule is COC(=O)c1cc(C)ccc1OCC(O)c1ccccc1. The van der Waals surface area contributed by atoms with Gasteiger partial charge in [0, 0.05) is 0 Å². The fraction of sp³-hybridized carbons (Fsp3) is 0.235. The Morgan fingerprint density at radius 3 is 2.57 bits per heavy atom. The average Bonchev–Trinajstić information content (AvgIpc) is 2.53. The van der Waals surface area contributed by atoms with Crippen LogP contribution in [0.3, 0.4) is 0 Å². The molecule has 4 heteroatoms. The van der Waals surface area contributed by atoms with Gasteiger partial charge in [-0.25, -0.2) is 4.79 Å². The first-order valence-electron chi connectivity index (χ1n) is 6.66. The van der Waals surface area contributed by atoms with Gasteiger partial charge in [-0.2, -0.15) is 0 Å². The Hall–Kier alpha value is -2.33. The van der Waals surface area contributed by atoms with Gasteiger partial charge in [0.1, 0.15) is 24.0 Å². The number of carbonyl (C=O) groups excluding carboxylic acids is 1. The molecule has 110 valence electrons. The summed E-state index contributed by atoms with van der Waals surface area (Å²) in [6, 6.07) is 14.5. The maximum Gasteiger partial charge on any atom is 0.341 e. The minimum Gasteiger partial charge on any atom is -0.490 e. The third kappa shape index (κ3) is 3.83.